The monoisotopic (exact) mass is 464 g/mol. The van der Waals surface area contributed by atoms with Crippen LogP contribution in [0.5, 0.6) is 5.75 Å². The summed E-state index contributed by atoms with van der Waals surface area (Å²) in [5.41, 5.74) is 1.25. The van der Waals surface area contributed by atoms with Crippen molar-refractivity contribution < 1.29 is 17.9 Å². The van der Waals surface area contributed by atoms with E-state index in [9.17, 15) is 13.2 Å². The van der Waals surface area contributed by atoms with Crippen LogP contribution in [0.4, 0.5) is 10.8 Å². The molecule has 4 rings (SSSR count). The van der Waals surface area contributed by atoms with Gasteiger partial charge in [0.15, 0.2) is 6.10 Å². The van der Waals surface area contributed by atoms with Crippen molar-refractivity contribution in [1.29, 1.82) is 0 Å². The summed E-state index contributed by atoms with van der Waals surface area (Å²) in [7, 11) is -3.51. The summed E-state index contributed by atoms with van der Waals surface area (Å²) >= 11 is 7.12. The quantitative estimate of drug-likeness (QED) is 0.634. The Morgan fingerprint density at radius 3 is 2.67 bits per heavy atom. The second-order valence-corrected chi connectivity index (χ2v) is 9.93. The lowest BCUT2D eigenvalue weighted by Gasteiger charge is -2.20. The molecule has 156 valence electrons. The number of sulfonamides is 1. The van der Waals surface area contributed by atoms with Crippen LogP contribution in [-0.4, -0.2) is 43.4 Å². The van der Waals surface area contributed by atoms with Gasteiger partial charge in [-0.05, 0) is 24.3 Å². The summed E-state index contributed by atoms with van der Waals surface area (Å²) < 4.78 is 31.4. The third-order valence-corrected chi connectivity index (χ3v) is 6.76. The molecule has 1 amide bonds. The summed E-state index contributed by atoms with van der Waals surface area (Å²) in [6, 6.07) is 13.9. The van der Waals surface area contributed by atoms with Gasteiger partial charge < -0.3 is 4.74 Å². The number of hydrogen-bond donors (Lipinski definition) is 1. The SMILES string of the molecule is CS(=O)(=O)N1CC[C@@H](C(=O)Nc2nnc(-c3ccc(Cl)cc3)s2)Oc2ccccc21. The molecule has 1 aromatic heterocycles. The Labute approximate surface area is 182 Å². The summed E-state index contributed by atoms with van der Waals surface area (Å²) in [5.74, 6) is -0.0846. The van der Waals surface area contributed by atoms with Crippen molar-refractivity contribution in [2.45, 2.75) is 12.5 Å². The van der Waals surface area contributed by atoms with Crippen molar-refractivity contribution in [2.24, 2.45) is 0 Å². The molecule has 11 heteroatoms. The van der Waals surface area contributed by atoms with Crippen molar-refractivity contribution in [2.75, 3.05) is 22.4 Å². The molecule has 0 bridgehead atoms. The van der Waals surface area contributed by atoms with E-state index in [0.717, 1.165) is 11.8 Å². The molecule has 2 heterocycles. The fourth-order valence-corrected chi connectivity index (χ4v) is 4.85. The van der Waals surface area contributed by atoms with Gasteiger partial charge in [-0.1, -0.05) is 47.2 Å². The van der Waals surface area contributed by atoms with Crippen LogP contribution >= 0.6 is 22.9 Å². The lowest BCUT2D eigenvalue weighted by molar-refractivity contribution is -0.122. The van der Waals surface area contributed by atoms with Crippen LogP contribution in [0.25, 0.3) is 10.6 Å². The number of ether oxygens (including phenoxy) is 1. The Morgan fingerprint density at radius 2 is 1.93 bits per heavy atom. The number of hydrogen-bond acceptors (Lipinski definition) is 7. The van der Waals surface area contributed by atoms with Gasteiger partial charge in [-0.25, -0.2) is 8.42 Å². The number of para-hydroxylation sites is 2. The molecule has 0 aliphatic carbocycles. The summed E-state index contributed by atoms with van der Waals surface area (Å²) in [4.78, 5) is 12.8. The molecule has 0 radical (unpaired) electrons. The highest BCUT2D eigenvalue weighted by Crippen LogP contribution is 2.34. The second kappa shape index (κ2) is 8.21. The van der Waals surface area contributed by atoms with Gasteiger partial charge in [-0.3, -0.25) is 14.4 Å². The molecule has 1 atom stereocenters. The minimum atomic E-state index is -3.51. The maximum absolute atomic E-state index is 12.8. The van der Waals surface area contributed by atoms with Gasteiger partial charge in [0.25, 0.3) is 5.91 Å². The lowest BCUT2D eigenvalue weighted by Crippen LogP contribution is -2.35. The standard InChI is InChI=1S/C19H17ClN4O4S2/c1-30(26,27)24-11-10-16(28-15-5-3-2-4-14(15)24)17(25)21-19-23-22-18(29-19)12-6-8-13(20)9-7-12/h2-9,16H,10-11H2,1H3,(H,21,23,25)/t16-/m0/s1. The summed E-state index contributed by atoms with van der Waals surface area (Å²) in [6.45, 7) is 0.125. The highest BCUT2D eigenvalue weighted by Gasteiger charge is 2.31. The number of benzene rings is 2. The van der Waals surface area contributed by atoms with Crippen molar-refractivity contribution in [1.82, 2.24) is 10.2 Å². The number of carbonyl (C=O) groups excluding carboxylic acids is 1. The number of fused-ring (bicyclic) bond motifs is 1. The maximum atomic E-state index is 12.8. The number of anilines is 2. The molecular weight excluding hydrogens is 448 g/mol. The van der Waals surface area contributed by atoms with E-state index in [2.05, 4.69) is 15.5 Å². The normalized spacial score (nSPS) is 16.3. The number of nitrogens with one attached hydrogen (secondary N) is 1. The minimum Gasteiger partial charge on any atom is -0.478 e. The molecule has 8 nitrogen and oxygen atoms in total. The maximum Gasteiger partial charge on any atom is 0.267 e. The number of halogens is 1. The van der Waals surface area contributed by atoms with Gasteiger partial charge in [0.1, 0.15) is 10.8 Å². The average Bonchev–Trinajstić information content (AvgIpc) is 3.06. The molecule has 0 spiro atoms. The van der Waals surface area contributed by atoms with Crippen molar-refractivity contribution in [3.05, 3.63) is 53.6 Å². The Balaban J connectivity index is 1.51. The number of aromatic nitrogens is 2. The zero-order valence-electron chi connectivity index (χ0n) is 15.8. The van der Waals surface area contributed by atoms with Crippen LogP contribution in [0.1, 0.15) is 6.42 Å². The Hall–Kier alpha value is -2.69. The smallest absolute Gasteiger partial charge is 0.267 e. The van der Waals surface area contributed by atoms with Crippen LogP contribution in [0.15, 0.2) is 48.5 Å². The van der Waals surface area contributed by atoms with E-state index < -0.39 is 22.0 Å². The first-order chi connectivity index (χ1) is 14.3. The van der Waals surface area contributed by atoms with E-state index in [1.165, 1.54) is 15.6 Å². The van der Waals surface area contributed by atoms with Gasteiger partial charge in [-0.15, -0.1) is 10.2 Å². The van der Waals surface area contributed by atoms with E-state index in [0.29, 0.717) is 26.6 Å². The summed E-state index contributed by atoms with van der Waals surface area (Å²) in [6.07, 6.45) is 0.445. The number of rotatable bonds is 4. The highest BCUT2D eigenvalue weighted by atomic mass is 35.5. The minimum absolute atomic E-state index is 0.125. The van der Waals surface area contributed by atoms with Crippen LogP contribution < -0.4 is 14.4 Å². The third-order valence-electron chi connectivity index (χ3n) is 4.44. The van der Waals surface area contributed by atoms with E-state index in [1.807, 2.05) is 12.1 Å². The van der Waals surface area contributed by atoms with Crippen molar-refractivity contribution in [3.8, 4) is 16.3 Å². The molecular formula is C19H17ClN4O4S2. The average molecular weight is 465 g/mol. The fraction of sp³-hybridized carbons (Fsp3) is 0.211. The first kappa shape index (κ1) is 20.6. The first-order valence-corrected chi connectivity index (χ1v) is 12.0. The second-order valence-electron chi connectivity index (χ2n) is 6.61. The van der Waals surface area contributed by atoms with E-state index >= 15 is 0 Å². The first-order valence-electron chi connectivity index (χ1n) is 8.95. The highest BCUT2D eigenvalue weighted by molar-refractivity contribution is 7.92. The third kappa shape index (κ3) is 4.40. The van der Waals surface area contributed by atoms with Gasteiger partial charge in [0, 0.05) is 23.6 Å². The van der Waals surface area contributed by atoms with Crippen LogP contribution in [-0.2, 0) is 14.8 Å². The summed E-state index contributed by atoms with van der Waals surface area (Å²) in [5, 5.41) is 12.4. The van der Waals surface area contributed by atoms with E-state index in [1.54, 1.807) is 36.4 Å². The molecule has 2 aromatic carbocycles. The lowest BCUT2D eigenvalue weighted by atomic mass is 10.2. The van der Waals surface area contributed by atoms with Gasteiger partial charge in [0.05, 0.1) is 11.9 Å². The number of nitrogens with zero attached hydrogens (tertiary/aromatic N) is 3. The van der Waals surface area contributed by atoms with Crippen molar-refractivity contribution >= 4 is 49.7 Å². The Bertz CT molecular complexity index is 1180. The molecule has 0 fully saturated rings. The van der Waals surface area contributed by atoms with Crippen LogP contribution in [0, 0.1) is 0 Å². The molecule has 3 aromatic rings. The molecule has 0 unspecified atom stereocenters. The Kier molecular flexibility index (Phi) is 5.63. The molecule has 0 saturated carbocycles. The molecule has 1 N–H and O–H groups in total. The zero-order valence-corrected chi connectivity index (χ0v) is 18.2. The van der Waals surface area contributed by atoms with Gasteiger partial charge in [-0.2, -0.15) is 0 Å². The fourth-order valence-electron chi connectivity index (χ4n) is 3.03. The molecule has 1 aliphatic rings. The van der Waals surface area contributed by atoms with Gasteiger partial charge in [0.2, 0.25) is 15.2 Å². The topological polar surface area (TPSA) is 101 Å². The zero-order chi connectivity index (χ0) is 21.3. The molecule has 30 heavy (non-hydrogen) atoms. The molecule has 1 aliphatic heterocycles. The van der Waals surface area contributed by atoms with E-state index in [4.69, 9.17) is 16.3 Å². The van der Waals surface area contributed by atoms with Crippen LogP contribution in [0.2, 0.25) is 5.02 Å². The van der Waals surface area contributed by atoms with Gasteiger partial charge >= 0.3 is 0 Å². The predicted molar refractivity (Wildman–Crippen MR) is 117 cm³/mol. The Morgan fingerprint density at radius 1 is 1.20 bits per heavy atom. The largest absolute Gasteiger partial charge is 0.478 e. The molecule has 0 saturated heterocycles. The predicted octanol–water partition coefficient (Wildman–Crippen LogP) is 3.41. The number of amides is 1. The number of carbonyl (C=O) groups is 1. The van der Waals surface area contributed by atoms with Crippen LogP contribution in [0.3, 0.4) is 0 Å². The van der Waals surface area contributed by atoms with E-state index in [-0.39, 0.29) is 13.0 Å². The van der Waals surface area contributed by atoms with Crippen molar-refractivity contribution in [3.63, 3.8) is 0 Å².